The maximum absolute atomic E-state index is 5.29. The number of unbranched alkanes of at least 4 members (excludes halogenated alkanes) is 1. The smallest absolute Gasteiger partial charge is 0.191 e. The van der Waals surface area contributed by atoms with Gasteiger partial charge in [-0.05, 0) is 26.7 Å². The summed E-state index contributed by atoms with van der Waals surface area (Å²) in [6.45, 7) is 7.91. The predicted molar refractivity (Wildman–Crippen MR) is 90.5 cm³/mol. The Morgan fingerprint density at radius 2 is 2.20 bits per heavy atom. The van der Waals surface area contributed by atoms with Crippen LogP contribution in [-0.4, -0.2) is 37.4 Å². The van der Waals surface area contributed by atoms with Gasteiger partial charge in [0.25, 0.3) is 0 Å². The van der Waals surface area contributed by atoms with Crippen molar-refractivity contribution in [3.8, 4) is 0 Å². The van der Waals surface area contributed by atoms with Crippen LogP contribution in [0, 0.1) is 0 Å². The van der Waals surface area contributed by atoms with Gasteiger partial charge in [-0.25, -0.2) is 4.99 Å². The van der Waals surface area contributed by atoms with Gasteiger partial charge in [-0.15, -0.1) is 24.0 Å². The summed E-state index contributed by atoms with van der Waals surface area (Å²) in [4.78, 5) is 4.43. The maximum atomic E-state index is 5.29. The lowest BCUT2D eigenvalue weighted by Gasteiger charge is -2.10. The van der Waals surface area contributed by atoms with E-state index in [0.29, 0.717) is 6.54 Å². The van der Waals surface area contributed by atoms with Gasteiger partial charge in [0, 0.05) is 32.4 Å². The van der Waals surface area contributed by atoms with Gasteiger partial charge >= 0.3 is 0 Å². The highest BCUT2D eigenvalue weighted by molar-refractivity contribution is 14.0. The van der Waals surface area contributed by atoms with Crippen LogP contribution in [-0.2, 0) is 11.3 Å². The second-order valence-electron chi connectivity index (χ2n) is 4.02. The van der Waals surface area contributed by atoms with Crippen LogP contribution < -0.4 is 10.6 Å². The molecule has 0 unspecified atom stereocenters. The van der Waals surface area contributed by atoms with Crippen LogP contribution in [0.3, 0.4) is 0 Å². The lowest BCUT2D eigenvalue weighted by atomic mass is 10.3. The number of nitrogens with zero attached hydrogens (tertiary/aromatic N) is 2. The molecule has 0 bridgehead atoms. The van der Waals surface area contributed by atoms with Crippen LogP contribution in [0.1, 0.15) is 32.4 Å². The second kappa shape index (κ2) is 13.2. The molecule has 0 aliphatic rings. The number of aliphatic imine (C=N–C) groups is 1. The number of nitrogens with one attached hydrogen (secondary N) is 2. The van der Waals surface area contributed by atoms with Gasteiger partial charge in [0.1, 0.15) is 12.0 Å². The first-order valence-electron chi connectivity index (χ1n) is 6.86. The number of aromatic nitrogens is 1. The Hall–Kier alpha value is -0.830. The molecular weight excluding hydrogens is 371 g/mol. The number of hydrogen-bond acceptors (Lipinski definition) is 4. The van der Waals surface area contributed by atoms with E-state index in [0.717, 1.165) is 50.8 Å². The molecule has 1 aromatic heterocycles. The third kappa shape index (κ3) is 9.13. The van der Waals surface area contributed by atoms with Crippen LogP contribution in [0.2, 0.25) is 0 Å². The first-order valence-corrected chi connectivity index (χ1v) is 6.86. The van der Waals surface area contributed by atoms with Crippen LogP contribution in [0.5, 0.6) is 0 Å². The minimum absolute atomic E-state index is 0. The summed E-state index contributed by atoms with van der Waals surface area (Å²) in [5.74, 6) is 0.807. The average molecular weight is 396 g/mol. The van der Waals surface area contributed by atoms with Crippen molar-refractivity contribution in [3.63, 3.8) is 0 Å². The summed E-state index contributed by atoms with van der Waals surface area (Å²) < 4.78 is 10.1. The van der Waals surface area contributed by atoms with E-state index in [1.54, 1.807) is 6.26 Å². The number of rotatable bonds is 9. The highest BCUT2D eigenvalue weighted by atomic mass is 127. The van der Waals surface area contributed by atoms with E-state index < -0.39 is 0 Å². The van der Waals surface area contributed by atoms with E-state index in [2.05, 4.69) is 20.8 Å². The third-order valence-corrected chi connectivity index (χ3v) is 2.45. The highest BCUT2D eigenvalue weighted by Gasteiger charge is 1.98. The summed E-state index contributed by atoms with van der Waals surface area (Å²) in [5.41, 5.74) is 0.827. The zero-order valence-electron chi connectivity index (χ0n) is 12.2. The van der Waals surface area contributed by atoms with Gasteiger partial charge in [-0.3, -0.25) is 0 Å². The van der Waals surface area contributed by atoms with Crippen molar-refractivity contribution >= 4 is 29.9 Å². The zero-order valence-corrected chi connectivity index (χ0v) is 14.6. The van der Waals surface area contributed by atoms with E-state index in [1.165, 1.54) is 0 Å². The Morgan fingerprint density at radius 3 is 2.85 bits per heavy atom. The summed E-state index contributed by atoms with van der Waals surface area (Å²) in [6.07, 6.45) is 3.68. The first-order chi connectivity index (χ1) is 9.36. The largest absolute Gasteiger partial charge is 0.382 e. The summed E-state index contributed by atoms with van der Waals surface area (Å²) in [7, 11) is 0. The molecule has 0 spiro atoms. The van der Waals surface area contributed by atoms with Crippen molar-refractivity contribution in [3.05, 3.63) is 18.0 Å². The van der Waals surface area contributed by atoms with Crippen LogP contribution in [0.15, 0.2) is 21.8 Å². The quantitative estimate of drug-likeness (QED) is 0.290. The topological polar surface area (TPSA) is 71.7 Å². The molecule has 0 aliphatic carbocycles. The summed E-state index contributed by atoms with van der Waals surface area (Å²) in [5, 5.41) is 10.3. The van der Waals surface area contributed by atoms with Crippen molar-refractivity contribution in [2.45, 2.75) is 33.2 Å². The molecule has 20 heavy (non-hydrogen) atoms. The SMILES string of the molecule is CCNC(=NCc1ccon1)NCCCCOCC.I. The average Bonchev–Trinajstić information content (AvgIpc) is 2.93. The van der Waals surface area contributed by atoms with Gasteiger partial charge in [-0.1, -0.05) is 5.16 Å². The minimum Gasteiger partial charge on any atom is -0.382 e. The molecule has 0 fully saturated rings. The fraction of sp³-hybridized carbons (Fsp3) is 0.692. The van der Waals surface area contributed by atoms with E-state index in [4.69, 9.17) is 9.26 Å². The number of ether oxygens (including phenoxy) is 1. The van der Waals surface area contributed by atoms with Gasteiger partial charge in [-0.2, -0.15) is 0 Å². The molecule has 0 radical (unpaired) electrons. The molecule has 1 rings (SSSR count). The maximum Gasteiger partial charge on any atom is 0.191 e. The van der Waals surface area contributed by atoms with E-state index in [9.17, 15) is 0 Å². The Bertz CT molecular complexity index is 344. The van der Waals surface area contributed by atoms with E-state index >= 15 is 0 Å². The molecule has 6 nitrogen and oxygen atoms in total. The van der Waals surface area contributed by atoms with Crippen molar-refractivity contribution in [2.75, 3.05) is 26.3 Å². The van der Waals surface area contributed by atoms with Crippen LogP contribution in [0.25, 0.3) is 0 Å². The molecule has 0 aromatic carbocycles. The summed E-state index contributed by atoms with van der Waals surface area (Å²) in [6, 6.07) is 1.81. The fourth-order valence-corrected chi connectivity index (χ4v) is 1.50. The van der Waals surface area contributed by atoms with Crippen molar-refractivity contribution in [1.82, 2.24) is 15.8 Å². The van der Waals surface area contributed by atoms with Crippen LogP contribution >= 0.6 is 24.0 Å². The molecule has 0 amide bonds. The van der Waals surface area contributed by atoms with Crippen molar-refractivity contribution < 1.29 is 9.26 Å². The molecule has 0 aliphatic heterocycles. The molecule has 0 saturated heterocycles. The van der Waals surface area contributed by atoms with E-state index in [1.807, 2.05) is 19.9 Å². The molecule has 1 aromatic rings. The first kappa shape index (κ1) is 19.2. The second-order valence-corrected chi connectivity index (χ2v) is 4.02. The molecular formula is C13H25IN4O2. The van der Waals surface area contributed by atoms with Gasteiger partial charge in [0.2, 0.25) is 0 Å². The van der Waals surface area contributed by atoms with Gasteiger partial charge < -0.3 is 19.9 Å². The summed E-state index contributed by atoms with van der Waals surface area (Å²) >= 11 is 0. The lowest BCUT2D eigenvalue weighted by molar-refractivity contribution is 0.143. The Kier molecular flexibility index (Phi) is 12.6. The lowest BCUT2D eigenvalue weighted by Crippen LogP contribution is -2.37. The Labute approximate surface area is 137 Å². The number of halogens is 1. The normalized spacial score (nSPS) is 11.0. The van der Waals surface area contributed by atoms with Gasteiger partial charge in [0.15, 0.2) is 5.96 Å². The number of hydrogen-bond donors (Lipinski definition) is 2. The Balaban J connectivity index is 0.00000361. The highest BCUT2D eigenvalue weighted by Crippen LogP contribution is 1.96. The van der Waals surface area contributed by atoms with Crippen LogP contribution in [0.4, 0.5) is 0 Å². The third-order valence-electron chi connectivity index (χ3n) is 2.45. The molecule has 1 heterocycles. The molecule has 0 saturated carbocycles. The molecule has 7 heteroatoms. The monoisotopic (exact) mass is 396 g/mol. The fourth-order valence-electron chi connectivity index (χ4n) is 1.50. The van der Waals surface area contributed by atoms with Gasteiger partial charge in [0.05, 0.1) is 6.54 Å². The zero-order chi connectivity index (χ0) is 13.8. The standard InChI is InChI=1S/C13H24N4O2.HI/c1-3-14-13(15-8-5-6-9-18-4-2)16-11-12-7-10-19-17-12;/h7,10H,3-6,8-9,11H2,1-2H3,(H2,14,15,16);1H. The Morgan fingerprint density at radius 1 is 1.35 bits per heavy atom. The molecule has 0 atom stereocenters. The van der Waals surface area contributed by atoms with Crippen molar-refractivity contribution in [2.24, 2.45) is 4.99 Å². The molecule has 116 valence electrons. The number of guanidine groups is 1. The van der Waals surface area contributed by atoms with E-state index in [-0.39, 0.29) is 24.0 Å². The predicted octanol–water partition coefficient (Wildman–Crippen LogP) is 2.16. The van der Waals surface area contributed by atoms with Crippen molar-refractivity contribution in [1.29, 1.82) is 0 Å². The minimum atomic E-state index is 0. The molecule has 2 N–H and O–H groups in total.